The second kappa shape index (κ2) is 6.27. The van der Waals surface area contributed by atoms with Gasteiger partial charge in [0.25, 0.3) is 0 Å². The highest BCUT2D eigenvalue weighted by molar-refractivity contribution is 9.09. The van der Waals surface area contributed by atoms with Crippen LogP contribution in [0.25, 0.3) is 0 Å². The van der Waals surface area contributed by atoms with E-state index in [1.807, 2.05) is 25.7 Å². The summed E-state index contributed by atoms with van der Waals surface area (Å²) in [5, 5.41) is 1.04. The molecule has 0 radical (unpaired) electrons. The fourth-order valence-corrected chi connectivity index (χ4v) is 3.10. The number of nitrogens with zero attached hydrogens (tertiary/aromatic N) is 1. The first kappa shape index (κ1) is 15.8. The molecule has 106 valence electrons. The molecule has 0 spiro atoms. The smallest absolute Gasteiger partial charge is 0.410 e. The Morgan fingerprint density at radius 1 is 1.50 bits per heavy atom. The van der Waals surface area contributed by atoms with Gasteiger partial charge in [-0.25, -0.2) is 4.79 Å². The lowest BCUT2D eigenvalue weighted by molar-refractivity contribution is 0.00845. The van der Waals surface area contributed by atoms with Crippen LogP contribution in [0.3, 0.4) is 0 Å². The number of hydrogen-bond donors (Lipinski definition) is 0. The maximum atomic E-state index is 12.0. The Morgan fingerprint density at radius 3 is 2.56 bits per heavy atom. The third-order valence-electron chi connectivity index (χ3n) is 3.60. The van der Waals surface area contributed by atoms with E-state index in [0.717, 1.165) is 24.8 Å². The molecule has 0 N–H and O–H groups in total. The molecule has 0 saturated carbocycles. The second-order valence-corrected chi connectivity index (χ2v) is 7.14. The highest BCUT2D eigenvalue weighted by Gasteiger charge is 2.33. The van der Waals surface area contributed by atoms with Crippen molar-refractivity contribution in [3.8, 4) is 0 Å². The third-order valence-corrected chi connectivity index (χ3v) is 4.62. The minimum absolute atomic E-state index is 0.167. The number of piperidine rings is 1. The van der Waals surface area contributed by atoms with E-state index < -0.39 is 5.60 Å². The summed E-state index contributed by atoms with van der Waals surface area (Å²) >= 11 is 3.56. The van der Waals surface area contributed by atoms with E-state index in [0.29, 0.717) is 17.8 Å². The molecule has 1 saturated heterocycles. The largest absolute Gasteiger partial charge is 0.444 e. The number of likely N-dealkylation sites (tertiary alicyclic amines) is 1. The maximum absolute atomic E-state index is 12.0. The number of rotatable bonds is 2. The van der Waals surface area contributed by atoms with Crippen LogP contribution < -0.4 is 0 Å². The third kappa shape index (κ3) is 4.45. The Balaban J connectivity index is 2.53. The van der Waals surface area contributed by atoms with Gasteiger partial charge in [-0.1, -0.05) is 29.8 Å². The van der Waals surface area contributed by atoms with Crippen molar-refractivity contribution >= 4 is 22.0 Å². The van der Waals surface area contributed by atoms with Crippen LogP contribution in [-0.4, -0.2) is 35.0 Å². The molecular formula is C14H26BrNO2. The van der Waals surface area contributed by atoms with Gasteiger partial charge in [0.2, 0.25) is 0 Å². The van der Waals surface area contributed by atoms with Gasteiger partial charge in [0.1, 0.15) is 5.60 Å². The van der Waals surface area contributed by atoms with E-state index in [-0.39, 0.29) is 6.09 Å². The molecule has 18 heavy (non-hydrogen) atoms. The van der Waals surface area contributed by atoms with Gasteiger partial charge < -0.3 is 9.64 Å². The molecular weight excluding hydrogens is 294 g/mol. The van der Waals surface area contributed by atoms with Crippen LogP contribution in [0.2, 0.25) is 0 Å². The molecule has 4 heteroatoms. The minimum Gasteiger partial charge on any atom is -0.444 e. The molecule has 1 amide bonds. The minimum atomic E-state index is -0.402. The molecule has 3 unspecified atom stereocenters. The van der Waals surface area contributed by atoms with E-state index in [1.165, 1.54) is 0 Å². The summed E-state index contributed by atoms with van der Waals surface area (Å²) in [4.78, 5) is 13.9. The number of hydrogen-bond acceptors (Lipinski definition) is 2. The Labute approximate surface area is 119 Å². The first-order valence-electron chi connectivity index (χ1n) is 6.78. The van der Waals surface area contributed by atoms with Crippen molar-refractivity contribution in [1.82, 2.24) is 4.90 Å². The van der Waals surface area contributed by atoms with Gasteiger partial charge in [0, 0.05) is 18.4 Å². The summed E-state index contributed by atoms with van der Waals surface area (Å²) in [7, 11) is 0. The van der Waals surface area contributed by atoms with Gasteiger partial charge in [0.05, 0.1) is 0 Å². The van der Waals surface area contributed by atoms with E-state index in [4.69, 9.17) is 4.74 Å². The summed E-state index contributed by atoms with van der Waals surface area (Å²) in [6, 6.07) is 0. The lowest BCUT2D eigenvalue weighted by Gasteiger charge is -2.39. The summed E-state index contributed by atoms with van der Waals surface area (Å²) < 4.78 is 5.43. The first-order valence-corrected chi connectivity index (χ1v) is 7.90. The number of alkyl halides is 1. The Hall–Kier alpha value is -0.250. The van der Waals surface area contributed by atoms with Gasteiger partial charge in [-0.05, 0) is 44.9 Å². The molecule has 0 bridgehead atoms. The van der Waals surface area contributed by atoms with Crippen LogP contribution in [0.4, 0.5) is 4.79 Å². The van der Waals surface area contributed by atoms with Crippen LogP contribution in [0.1, 0.15) is 41.0 Å². The summed E-state index contributed by atoms with van der Waals surface area (Å²) in [6.45, 7) is 11.9. The SMILES string of the molecule is CC(CBr)C1CCN(C(=O)OC(C)(C)C)CC1C. The molecule has 0 aromatic rings. The standard InChI is InChI=1S/C14H26BrNO2/c1-10(8-15)12-6-7-16(9-11(12)2)13(17)18-14(3,4)5/h10-12H,6-9H2,1-5H3. The van der Waals surface area contributed by atoms with Crippen molar-refractivity contribution in [3.05, 3.63) is 0 Å². The molecule has 0 aliphatic carbocycles. The molecule has 3 nitrogen and oxygen atoms in total. The van der Waals surface area contributed by atoms with Crippen LogP contribution in [0, 0.1) is 17.8 Å². The number of amides is 1. The first-order chi connectivity index (χ1) is 8.24. The zero-order valence-corrected chi connectivity index (χ0v) is 13.8. The summed E-state index contributed by atoms with van der Waals surface area (Å²) in [5.74, 6) is 1.91. The van der Waals surface area contributed by atoms with E-state index in [9.17, 15) is 4.79 Å². The summed E-state index contributed by atoms with van der Waals surface area (Å²) in [5.41, 5.74) is -0.402. The number of ether oxygens (including phenoxy) is 1. The molecule has 1 heterocycles. The average Bonchev–Trinajstić information content (AvgIpc) is 2.25. The van der Waals surface area contributed by atoms with Crippen LogP contribution in [0.5, 0.6) is 0 Å². The lowest BCUT2D eigenvalue weighted by Crippen LogP contribution is -2.46. The molecule has 1 aliphatic heterocycles. The predicted octanol–water partition coefficient (Wildman–Crippen LogP) is 3.91. The quantitative estimate of drug-likeness (QED) is 0.722. The molecule has 0 aromatic carbocycles. The molecule has 3 atom stereocenters. The van der Waals surface area contributed by atoms with E-state index >= 15 is 0 Å². The highest BCUT2D eigenvalue weighted by Crippen LogP contribution is 2.31. The van der Waals surface area contributed by atoms with Crippen LogP contribution in [-0.2, 0) is 4.74 Å². The predicted molar refractivity (Wildman–Crippen MR) is 78.0 cm³/mol. The Bertz CT molecular complexity index is 288. The number of carbonyl (C=O) groups excluding carboxylic acids is 1. The zero-order valence-electron chi connectivity index (χ0n) is 12.2. The van der Waals surface area contributed by atoms with Crippen LogP contribution >= 0.6 is 15.9 Å². The van der Waals surface area contributed by atoms with Gasteiger partial charge in [-0.2, -0.15) is 0 Å². The zero-order chi connectivity index (χ0) is 13.9. The highest BCUT2D eigenvalue weighted by atomic mass is 79.9. The normalized spacial score (nSPS) is 26.9. The maximum Gasteiger partial charge on any atom is 0.410 e. The molecule has 0 aromatic heterocycles. The average molecular weight is 320 g/mol. The lowest BCUT2D eigenvalue weighted by atomic mass is 9.79. The van der Waals surface area contributed by atoms with E-state index in [2.05, 4.69) is 29.8 Å². The van der Waals surface area contributed by atoms with Crippen molar-refractivity contribution in [1.29, 1.82) is 0 Å². The monoisotopic (exact) mass is 319 g/mol. The fraction of sp³-hybridized carbons (Fsp3) is 0.929. The van der Waals surface area contributed by atoms with Crippen molar-refractivity contribution in [3.63, 3.8) is 0 Å². The van der Waals surface area contributed by atoms with Crippen molar-refractivity contribution in [2.75, 3.05) is 18.4 Å². The second-order valence-electron chi connectivity index (χ2n) is 6.49. The topological polar surface area (TPSA) is 29.5 Å². The molecule has 1 fully saturated rings. The number of halogens is 1. The van der Waals surface area contributed by atoms with E-state index in [1.54, 1.807) is 0 Å². The van der Waals surface area contributed by atoms with Crippen molar-refractivity contribution < 1.29 is 9.53 Å². The van der Waals surface area contributed by atoms with Gasteiger partial charge in [-0.15, -0.1) is 0 Å². The van der Waals surface area contributed by atoms with Gasteiger partial charge in [-0.3, -0.25) is 0 Å². The fourth-order valence-electron chi connectivity index (χ4n) is 2.62. The number of carbonyl (C=O) groups is 1. The molecule has 1 rings (SSSR count). The Morgan fingerprint density at radius 2 is 2.11 bits per heavy atom. The molecule has 1 aliphatic rings. The van der Waals surface area contributed by atoms with Crippen LogP contribution in [0.15, 0.2) is 0 Å². The van der Waals surface area contributed by atoms with Gasteiger partial charge in [0.15, 0.2) is 0 Å². The van der Waals surface area contributed by atoms with Crippen molar-refractivity contribution in [2.24, 2.45) is 17.8 Å². The van der Waals surface area contributed by atoms with Gasteiger partial charge >= 0.3 is 6.09 Å². The Kier molecular flexibility index (Phi) is 5.50. The van der Waals surface area contributed by atoms with Crippen molar-refractivity contribution in [2.45, 2.75) is 46.6 Å². The summed E-state index contributed by atoms with van der Waals surface area (Å²) in [6.07, 6.45) is 0.909.